The fourth-order valence-corrected chi connectivity index (χ4v) is 2.27. The first-order valence-corrected chi connectivity index (χ1v) is 5.77. The summed E-state index contributed by atoms with van der Waals surface area (Å²) in [6.07, 6.45) is 0. The molecule has 0 fully saturated rings. The number of hydrogen-bond donors (Lipinski definition) is 0. The van der Waals surface area contributed by atoms with Gasteiger partial charge in [0, 0.05) is 0 Å². The summed E-state index contributed by atoms with van der Waals surface area (Å²) in [6.45, 7) is 0. The van der Waals surface area contributed by atoms with Gasteiger partial charge in [-0.05, 0) is 10.4 Å². The molecule has 12 heavy (non-hydrogen) atoms. The lowest BCUT2D eigenvalue weighted by molar-refractivity contribution is 0.675. The van der Waals surface area contributed by atoms with Gasteiger partial charge in [0.05, 0.1) is 0 Å². The third kappa shape index (κ3) is 3.17. The van der Waals surface area contributed by atoms with Gasteiger partial charge in [0.1, 0.15) is 0 Å². The van der Waals surface area contributed by atoms with Crippen molar-refractivity contribution in [3.05, 3.63) is 24.3 Å². The van der Waals surface area contributed by atoms with Crippen LogP contribution in [0.1, 0.15) is 0 Å². The Balaban J connectivity index is 2.58. The van der Waals surface area contributed by atoms with Crippen molar-refractivity contribution < 1.29 is 8.23 Å². The predicted octanol–water partition coefficient (Wildman–Crippen LogP) is -1.62. The van der Waals surface area contributed by atoms with E-state index >= 15 is 0 Å². The van der Waals surface area contributed by atoms with Gasteiger partial charge in [-0.3, -0.25) is 0 Å². The van der Waals surface area contributed by atoms with E-state index in [4.69, 9.17) is 8.23 Å². The van der Waals surface area contributed by atoms with Gasteiger partial charge in [0.2, 0.25) is 21.0 Å². The normalized spacial score (nSPS) is 10.2. The van der Waals surface area contributed by atoms with Crippen molar-refractivity contribution in [3.63, 3.8) is 0 Å². The molecule has 0 atom stereocenters. The Morgan fingerprint density at radius 1 is 0.833 bits per heavy atom. The molecule has 0 saturated carbocycles. The van der Waals surface area contributed by atoms with Crippen LogP contribution in [0, 0.1) is 0 Å². The van der Waals surface area contributed by atoms with Crippen LogP contribution in [0.15, 0.2) is 24.3 Å². The van der Waals surface area contributed by atoms with E-state index in [0.717, 1.165) is 10.4 Å². The third-order valence-electron chi connectivity index (χ3n) is 1.22. The lowest BCUT2D eigenvalue weighted by atomic mass is 10.4. The topological polar surface area (TPSA) is 18.5 Å². The Hall–Kier alpha value is 0.00753. The van der Waals surface area contributed by atoms with Crippen LogP contribution < -0.4 is 10.4 Å². The molecule has 0 aliphatic carbocycles. The number of benzene rings is 1. The van der Waals surface area contributed by atoms with E-state index in [0.29, 0.717) is 19.5 Å². The Morgan fingerprint density at radius 2 is 1.17 bits per heavy atom. The molecule has 6 heteroatoms. The molecule has 1 aromatic carbocycles. The van der Waals surface area contributed by atoms with E-state index in [1.165, 1.54) is 0 Å². The van der Waals surface area contributed by atoms with Gasteiger partial charge in [-0.2, -0.15) is 0 Å². The monoisotopic (exact) mass is 220 g/mol. The van der Waals surface area contributed by atoms with Crippen molar-refractivity contribution in [2.24, 2.45) is 0 Å². The van der Waals surface area contributed by atoms with Gasteiger partial charge in [0.25, 0.3) is 19.5 Å². The van der Waals surface area contributed by atoms with Crippen LogP contribution in [0.4, 0.5) is 0 Å². The first-order chi connectivity index (χ1) is 5.86. The molecule has 56 valence electrons. The summed E-state index contributed by atoms with van der Waals surface area (Å²) in [5.41, 5.74) is 0. The highest BCUT2D eigenvalue weighted by molar-refractivity contribution is 6.52. The van der Waals surface area contributed by atoms with Gasteiger partial charge >= 0.3 is 0 Å². The van der Waals surface area contributed by atoms with Crippen LogP contribution in [-0.2, 0) is 8.23 Å². The van der Waals surface area contributed by atoms with Crippen LogP contribution in [0.2, 0.25) is 0 Å². The molecule has 0 amide bonds. The zero-order valence-electron chi connectivity index (χ0n) is 6.13. The van der Waals surface area contributed by atoms with Crippen LogP contribution in [0.25, 0.3) is 0 Å². The van der Waals surface area contributed by atoms with E-state index < -0.39 is 0 Å². The predicted molar refractivity (Wildman–Crippen MR) is 50.9 cm³/mol. The van der Waals surface area contributed by atoms with E-state index in [2.05, 4.69) is 21.0 Å². The molecule has 0 heterocycles. The minimum absolute atomic E-state index is 0.349. The molecule has 10 radical (unpaired) electrons. The van der Waals surface area contributed by atoms with Crippen molar-refractivity contribution in [1.82, 2.24) is 0 Å². The Kier molecular flexibility index (Phi) is 4.72. The molecule has 0 bridgehead atoms. The molecule has 0 aromatic heterocycles. The summed E-state index contributed by atoms with van der Waals surface area (Å²) in [6, 6.07) is 8.08. The Morgan fingerprint density at radius 3 is 1.42 bits per heavy atom. The summed E-state index contributed by atoms with van der Waals surface area (Å²) in [5, 5.41) is 2.32. The van der Waals surface area contributed by atoms with Crippen molar-refractivity contribution in [2.45, 2.75) is 0 Å². The smallest absolute Gasteiger partial charge is 0.256 e. The van der Waals surface area contributed by atoms with E-state index in [9.17, 15) is 0 Å². The quantitative estimate of drug-likeness (QED) is 0.568. The van der Waals surface area contributed by atoms with Crippen molar-refractivity contribution in [1.29, 1.82) is 0 Å². The van der Waals surface area contributed by atoms with Gasteiger partial charge in [-0.25, -0.2) is 0 Å². The summed E-state index contributed by atoms with van der Waals surface area (Å²) in [5.74, 6) is 0. The maximum Gasteiger partial charge on any atom is 0.256 e. The second-order valence-corrected chi connectivity index (χ2v) is 5.18. The second kappa shape index (κ2) is 5.62. The molecule has 0 N–H and O–H groups in total. The minimum atomic E-state index is 0.349. The van der Waals surface area contributed by atoms with Crippen molar-refractivity contribution in [3.8, 4) is 0 Å². The average Bonchev–Trinajstić information content (AvgIpc) is 2.09. The van der Waals surface area contributed by atoms with E-state index in [1.807, 2.05) is 24.3 Å². The average molecular weight is 220 g/mol. The zero-order chi connectivity index (χ0) is 8.81. The Bertz CT molecular complexity index is 200. The van der Waals surface area contributed by atoms with E-state index in [1.54, 1.807) is 0 Å². The first-order valence-electron chi connectivity index (χ1n) is 3.14. The second-order valence-electron chi connectivity index (χ2n) is 1.99. The first kappa shape index (κ1) is 10.1. The van der Waals surface area contributed by atoms with Crippen molar-refractivity contribution >= 4 is 50.9 Å². The van der Waals surface area contributed by atoms with Gasteiger partial charge < -0.3 is 8.23 Å². The van der Waals surface area contributed by atoms with Crippen molar-refractivity contribution in [2.75, 3.05) is 0 Å². The van der Waals surface area contributed by atoms with Gasteiger partial charge in [0.15, 0.2) is 0 Å². The third-order valence-corrected chi connectivity index (χ3v) is 3.18. The summed E-state index contributed by atoms with van der Waals surface area (Å²) in [4.78, 5) is 0. The highest BCUT2D eigenvalue weighted by Gasteiger charge is 1.96. The fourth-order valence-electron chi connectivity index (χ4n) is 0.724. The molecule has 0 spiro atoms. The SMILES string of the molecule is [Si]O[Si]c1ccc([Si]O[Si])cc1. The van der Waals surface area contributed by atoms with Crippen LogP contribution in [-0.4, -0.2) is 40.5 Å². The molecular weight excluding hydrogens is 216 g/mol. The zero-order valence-corrected chi connectivity index (χ0v) is 10.1. The largest absolute Gasteiger partial charge is 0.454 e. The molecule has 2 nitrogen and oxygen atoms in total. The molecule has 0 aliphatic heterocycles. The van der Waals surface area contributed by atoms with E-state index in [-0.39, 0.29) is 0 Å². The molecule has 0 aliphatic rings. The molecule has 1 rings (SSSR count). The summed E-state index contributed by atoms with van der Waals surface area (Å²) >= 11 is 0. The van der Waals surface area contributed by atoms with Crippen LogP contribution in [0.5, 0.6) is 0 Å². The number of hydrogen-bond acceptors (Lipinski definition) is 2. The maximum atomic E-state index is 4.82. The summed E-state index contributed by atoms with van der Waals surface area (Å²) < 4.78 is 9.64. The summed E-state index contributed by atoms with van der Waals surface area (Å²) in [7, 11) is 6.62. The lowest BCUT2D eigenvalue weighted by Gasteiger charge is -1.99. The molecular formula is C6H4O2Si4. The van der Waals surface area contributed by atoms with Crippen LogP contribution in [0.3, 0.4) is 0 Å². The molecule has 0 unspecified atom stereocenters. The molecule has 1 aromatic rings. The fraction of sp³-hybridized carbons (Fsp3) is 0. The highest BCUT2D eigenvalue weighted by Crippen LogP contribution is 1.79. The maximum absolute atomic E-state index is 4.82. The lowest BCUT2D eigenvalue weighted by Crippen LogP contribution is -2.22. The standard InChI is InChI=1S/C6H4O2Si4/c9-7-11-5-1-2-6(4-3-5)12-8-10/h1-4H. The van der Waals surface area contributed by atoms with Gasteiger partial charge in [-0.15, -0.1) is 0 Å². The Labute approximate surface area is 83.6 Å². The van der Waals surface area contributed by atoms with Crippen LogP contribution >= 0.6 is 0 Å². The molecule has 0 saturated heterocycles. The minimum Gasteiger partial charge on any atom is -0.454 e. The highest BCUT2D eigenvalue weighted by atomic mass is 28.3. The number of rotatable bonds is 4. The van der Waals surface area contributed by atoms with Gasteiger partial charge in [-0.1, -0.05) is 24.3 Å².